The van der Waals surface area contributed by atoms with E-state index in [9.17, 15) is 0 Å². The van der Waals surface area contributed by atoms with Gasteiger partial charge in [0.15, 0.2) is 0 Å². The zero-order chi connectivity index (χ0) is 11.7. The van der Waals surface area contributed by atoms with Gasteiger partial charge in [0.05, 0.1) is 29.1 Å². The van der Waals surface area contributed by atoms with Crippen molar-refractivity contribution in [3.63, 3.8) is 0 Å². The molecular formula is C12H12N4S. The predicted molar refractivity (Wildman–Crippen MR) is 67.5 cm³/mol. The van der Waals surface area contributed by atoms with Crippen LogP contribution in [-0.2, 0) is 6.54 Å². The van der Waals surface area contributed by atoms with Crippen molar-refractivity contribution >= 4 is 11.3 Å². The van der Waals surface area contributed by atoms with Crippen LogP contribution in [0.1, 0.15) is 10.7 Å². The highest BCUT2D eigenvalue weighted by molar-refractivity contribution is 7.09. The minimum Gasteiger partial charge on any atom is -0.321 e. The molecule has 3 aromatic heterocycles. The molecule has 0 saturated heterocycles. The van der Waals surface area contributed by atoms with Crippen molar-refractivity contribution in [3.8, 4) is 5.69 Å². The van der Waals surface area contributed by atoms with Crippen LogP contribution in [0.15, 0.2) is 42.3 Å². The zero-order valence-electron chi connectivity index (χ0n) is 9.45. The molecular weight excluding hydrogens is 232 g/mol. The first-order chi connectivity index (χ1) is 8.31. The molecule has 0 aliphatic heterocycles. The third-order valence-electron chi connectivity index (χ3n) is 2.51. The first-order valence-electron chi connectivity index (χ1n) is 5.38. The van der Waals surface area contributed by atoms with E-state index in [4.69, 9.17) is 0 Å². The Bertz CT molecular complexity index is 606. The molecule has 0 atom stereocenters. The molecule has 0 aliphatic rings. The van der Waals surface area contributed by atoms with E-state index >= 15 is 0 Å². The van der Waals surface area contributed by atoms with Crippen LogP contribution in [0.5, 0.6) is 0 Å². The highest BCUT2D eigenvalue weighted by Crippen LogP contribution is 2.11. The average Bonchev–Trinajstić information content (AvgIpc) is 3.00. The number of nitrogens with zero attached hydrogens (tertiary/aromatic N) is 4. The van der Waals surface area contributed by atoms with Gasteiger partial charge in [-0.15, -0.1) is 11.3 Å². The third kappa shape index (κ3) is 2.14. The summed E-state index contributed by atoms with van der Waals surface area (Å²) in [5.74, 6) is 0. The molecule has 0 amide bonds. The lowest BCUT2D eigenvalue weighted by atomic mass is 10.5. The van der Waals surface area contributed by atoms with Gasteiger partial charge in [-0.3, -0.25) is 4.68 Å². The molecule has 4 nitrogen and oxygen atoms in total. The highest BCUT2D eigenvalue weighted by Gasteiger charge is 2.03. The summed E-state index contributed by atoms with van der Waals surface area (Å²) in [7, 11) is 0. The fourth-order valence-electron chi connectivity index (χ4n) is 1.73. The molecule has 0 aromatic carbocycles. The summed E-state index contributed by atoms with van der Waals surface area (Å²) < 4.78 is 3.94. The second kappa shape index (κ2) is 4.18. The van der Waals surface area contributed by atoms with Gasteiger partial charge >= 0.3 is 0 Å². The van der Waals surface area contributed by atoms with Crippen molar-refractivity contribution in [2.45, 2.75) is 13.5 Å². The molecule has 0 aliphatic carbocycles. The maximum Gasteiger partial charge on any atom is 0.0898 e. The fraction of sp³-hybridized carbons (Fsp3) is 0.167. The summed E-state index contributed by atoms with van der Waals surface area (Å²) in [5, 5.41) is 7.51. The standard InChI is InChI=1S/C12H12N4S/c1-10-14-11(9-17-10)7-16-8-12(6-13-16)15-4-2-3-5-15/h2-6,8-9H,7H2,1H3. The molecule has 17 heavy (non-hydrogen) atoms. The van der Waals surface area contributed by atoms with Crippen LogP contribution < -0.4 is 0 Å². The van der Waals surface area contributed by atoms with Gasteiger partial charge in [-0.2, -0.15) is 5.10 Å². The minimum absolute atomic E-state index is 0.728. The monoisotopic (exact) mass is 244 g/mol. The second-order valence-corrected chi connectivity index (χ2v) is 4.91. The van der Waals surface area contributed by atoms with Gasteiger partial charge in [-0.25, -0.2) is 4.98 Å². The van der Waals surface area contributed by atoms with E-state index in [0.29, 0.717) is 0 Å². The SMILES string of the molecule is Cc1nc(Cn2cc(-n3cccc3)cn2)cs1. The van der Waals surface area contributed by atoms with Gasteiger partial charge in [0.1, 0.15) is 0 Å². The molecule has 0 saturated carbocycles. The Morgan fingerprint density at radius 3 is 2.82 bits per heavy atom. The Balaban J connectivity index is 1.81. The number of hydrogen-bond acceptors (Lipinski definition) is 3. The highest BCUT2D eigenvalue weighted by atomic mass is 32.1. The van der Waals surface area contributed by atoms with Crippen LogP contribution in [0.3, 0.4) is 0 Å². The lowest BCUT2D eigenvalue weighted by molar-refractivity contribution is 0.674. The van der Waals surface area contributed by atoms with Gasteiger partial charge in [-0.05, 0) is 19.1 Å². The molecule has 0 unspecified atom stereocenters. The summed E-state index contributed by atoms with van der Waals surface area (Å²) >= 11 is 1.67. The van der Waals surface area contributed by atoms with Crippen LogP contribution in [0.25, 0.3) is 5.69 Å². The van der Waals surface area contributed by atoms with Gasteiger partial charge in [-0.1, -0.05) is 0 Å². The van der Waals surface area contributed by atoms with Gasteiger partial charge in [0.25, 0.3) is 0 Å². The number of rotatable bonds is 3. The molecule has 86 valence electrons. The predicted octanol–water partition coefficient (Wildman–Crippen LogP) is 2.49. The summed E-state index contributed by atoms with van der Waals surface area (Å²) in [4.78, 5) is 4.43. The maximum atomic E-state index is 4.43. The van der Waals surface area contributed by atoms with E-state index in [-0.39, 0.29) is 0 Å². The summed E-state index contributed by atoms with van der Waals surface area (Å²) in [6.45, 7) is 2.74. The minimum atomic E-state index is 0.728. The molecule has 0 radical (unpaired) electrons. The van der Waals surface area contributed by atoms with Gasteiger partial charge < -0.3 is 4.57 Å². The van der Waals surface area contributed by atoms with Gasteiger partial charge in [0.2, 0.25) is 0 Å². The molecule has 3 heterocycles. The van der Waals surface area contributed by atoms with Crippen molar-refractivity contribution in [1.29, 1.82) is 0 Å². The van der Waals surface area contributed by atoms with E-state index in [1.807, 2.05) is 53.1 Å². The van der Waals surface area contributed by atoms with Crippen LogP contribution in [-0.4, -0.2) is 19.3 Å². The van der Waals surface area contributed by atoms with E-state index in [0.717, 1.165) is 22.9 Å². The van der Waals surface area contributed by atoms with E-state index in [1.54, 1.807) is 11.3 Å². The first kappa shape index (κ1) is 10.3. The van der Waals surface area contributed by atoms with Crippen LogP contribution in [0, 0.1) is 6.92 Å². The molecule has 0 N–H and O–H groups in total. The summed E-state index contributed by atoms with van der Waals surface area (Å²) in [5.41, 5.74) is 2.14. The number of aromatic nitrogens is 4. The quantitative estimate of drug-likeness (QED) is 0.709. The lowest BCUT2D eigenvalue weighted by Gasteiger charge is -1.97. The largest absolute Gasteiger partial charge is 0.321 e. The molecule has 0 fully saturated rings. The van der Waals surface area contributed by atoms with Crippen molar-refractivity contribution in [1.82, 2.24) is 19.3 Å². The van der Waals surface area contributed by atoms with Crippen molar-refractivity contribution in [2.24, 2.45) is 0 Å². The van der Waals surface area contributed by atoms with E-state index < -0.39 is 0 Å². The average molecular weight is 244 g/mol. The summed E-state index contributed by atoms with van der Waals surface area (Å²) in [6, 6.07) is 4.00. The Labute approximate surface area is 103 Å². The molecule has 0 bridgehead atoms. The van der Waals surface area contributed by atoms with Gasteiger partial charge in [0, 0.05) is 24.0 Å². The first-order valence-corrected chi connectivity index (χ1v) is 6.26. The molecule has 3 rings (SSSR count). The van der Waals surface area contributed by atoms with Crippen LogP contribution >= 0.6 is 11.3 Å². The lowest BCUT2D eigenvalue weighted by Crippen LogP contribution is -2.00. The van der Waals surface area contributed by atoms with Crippen molar-refractivity contribution in [2.75, 3.05) is 0 Å². The molecule has 5 heteroatoms. The topological polar surface area (TPSA) is 35.6 Å². The van der Waals surface area contributed by atoms with Crippen LogP contribution in [0.2, 0.25) is 0 Å². The number of thiazole rings is 1. The van der Waals surface area contributed by atoms with Crippen LogP contribution in [0.4, 0.5) is 0 Å². The smallest absolute Gasteiger partial charge is 0.0898 e. The van der Waals surface area contributed by atoms with E-state index in [2.05, 4.69) is 15.5 Å². The third-order valence-corrected chi connectivity index (χ3v) is 3.34. The van der Waals surface area contributed by atoms with Crippen molar-refractivity contribution < 1.29 is 0 Å². The molecule has 0 spiro atoms. The Morgan fingerprint density at radius 1 is 1.29 bits per heavy atom. The Morgan fingerprint density at radius 2 is 2.12 bits per heavy atom. The Hall–Kier alpha value is -1.88. The number of aryl methyl sites for hydroxylation is 1. The maximum absolute atomic E-state index is 4.43. The summed E-state index contributed by atoms with van der Waals surface area (Å²) in [6.07, 6.45) is 7.90. The van der Waals surface area contributed by atoms with E-state index in [1.165, 1.54) is 0 Å². The van der Waals surface area contributed by atoms with Crippen molar-refractivity contribution in [3.05, 3.63) is 53.0 Å². The Kier molecular flexibility index (Phi) is 2.53. The number of hydrogen-bond donors (Lipinski definition) is 0. The second-order valence-electron chi connectivity index (χ2n) is 3.84. The normalized spacial score (nSPS) is 10.9. The zero-order valence-corrected chi connectivity index (χ0v) is 10.3. The molecule has 3 aromatic rings. The fourth-order valence-corrected chi connectivity index (χ4v) is 2.33.